The Labute approximate surface area is 138 Å². The number of carbonyl (C=O) groups is 2. The summed E-state index contributed by atoms with van der Waals surface area (Å²) < 4.78 is 4.89. The van der Waals surface area contributed by atoms with E-state index in [1.54, 1.807) is 31.2 Å². The molecule has 120 valence electrons. The molecule has 0 saturated heterocycles. The van der Waals surface area contributed by atoms with Crippen LogP contribution in [0.25, 0.3) is 0 Å². The van der Waals surface area contributed by atoms with Gasteiger partial charge in [-0.2, -0.15) is 0 Å². The van der Waals surface area contributed by atoms with Crippen LogP contribution >= 0.6 is 11.6 Å². The summed E-state index contributed by atoms with van der Waals surface area (Å²) in [5.74, 6) is -1.44. The second-order valence-electron chi connectivity index (χ2n) is 5.11. The summed E-state index contributed by atoms with van der Waals surface area (Å²) in [6, 6.07) is 9.66. The molecule has 0 heterocycles. The average molecular weight is 334 g/mol. The Morgan fingerprint density at radius 3 is 2.57 bits per heavy atom. The van der Waals surface area contributed by atoms with Crippen molar-refractivity contribution in [1.29, 1.82) is 0 Å². The molecule has 6 heteroatoms. The quantitative estimate of drug-likeness (QED) is 0.840. The van der Waals surface area contributed by atoms with Crippen molar-refractivity contribution in [2.24, 2.45) is 0 Å². The Morgan fingerprint density at radius 1 is 1.17 bits per heavy atom. The van der Waals surface area contributed by atoms with E-state index in [2.05, 4.69) is 5.32 Å². The Balaban J connectivity index is 1.93. The van der Waals surface area contributed by atoms with Gasteiger partial charge in [-0.3, -0.25) is 4.79 Å². The van der Waals surface area contributed by atoms with Gasteiger partial charge in [0.25, 0.3) is 5.91 Å². The van der Waals surface area contributed by atoms with Gasteiger partial charge in [0.1, 0.15) is 11.3 Å². The number of phenols is 1. The summed E-state index contributed by atoms with van der Waals surface area (Å²) in [6.07, 6.45) is 0. The number of aromatic hydroxyl groups is 1. The van der Waals surface area contributed by atoms with Gasteiger partial charge in [0.2, 0.25) is 0 Å². The zero-order valence-electron chi connectivity index (χ0n) is 12.7. The highest BCUT2D eigenvalue weighted by Gasteiger charge is 2.14. The maximum absolute atomic E-state index is 11.8. The molecule has 0 aliphatic heterocycles. The number of benzene rings is 2. The van der Waals surface area contributed by atoms with Crippen molar-refractivity contribution in [3.05, 3.63) is 58.1 Å². The lowest BCUT2D eigenvalue weighted by Gasteiger charge is -2.09. The van der Waals surface area contributed by atoms with E-state index in [-0.39, 0.29) is 11.3 Å². The summed E-state index contributed by atoms with van der Waals surface area (Å²) >= 11 is 5.97. The molecule has 0 unspecified atom stereocenters. The van der Waals surface area contributed by atoms with Crippen LogP contribution in [-0.4, -0.2) is 23.6 Å². The molecule has 0 atom stereocenters. The number of hydrogen-bond donors (Lipinski definition) is 2. The van der Waals surface area contributed by atoms with E-state index < -0.39 is 18.5 Å². The lowest BCUT2D eigenvalue weighted by atomic mass is 10.1. The normalized spacial score (nSPS) is 10.2. The second-order valence-corrected chi connectivity index (χ2v) is 5.52. The van der Waals surface area contributed by atoms with Gasteiger partial charge < -0.3 is 15.2 Å². The van der Waals surface area contributed by atoms with E-state index in [0.29, 0.717) is 10.7 Å². The van der Waals surface area contributed by atoms with Crippen molar-refractivity contribution in [3.63, 3.8) is 0 Å². The van der Waals surface area contributed by atoms with Crippen LogP contribution in [0.1, 0.15) is 21.5 Å². The largest absolute Gasteiger partial charge is 0.507 e. The Kier molecular flexibility index (Phi) is 5.24. The molecule has 2 N–H and O–H groups in total. The fourth-order valence-electron chi connectivity index (χ4n) is 1.89. The Morgan fingerprint density at radius 2 is 1.91 bits per heavy atom. The highest BCUT2D eigenvalue weighted by Crippen LogP contribution is 2.21. The van der Waals surface area contributed by atoms with Crippen LogP contribution in [0.5, 0.6) is 5.75 Å². The minimum Gasteiger partial charge on any atom is -0.507 e. The third-order valence-electron chi connectivity index (χ3n) is 3.16. The number of amides is 1. The topological polar surface area (TPSA) is 75.6 Å². The molecular formula is C17H16ClNO4. The highest BCUT2D eigenvalue weighted by atomic mass is 35.5. The van der Waals surface area contributed by atoms with Crippen molar-refractivity contribution in [1.82, 2.24) is 0 Å². The van der Waals surface area contributed by atoms with E-state index in [1.807, 2.05) is 6.92 Å². The van der Waals surface area contributed by atoms with Gasteiger partial charge in [0.05, 0.1) is 0 Å². The van der Waals surface area contributed by atoms with E-state index >= 15 is 0 Å². The molecule has 0 saturated carbocycles. The second kappa shape index (κ2) is 7.15. The summed E-state index contributed by atoms with van der Waals surface area (Å²) in [6.45, 7) is 3.18. The van der Waals surface area contributed by atoms with E-state index in [0.717, 1.165) is 11.1 Å². The molecule has 2 rings (SSSR count). The molecule has 1 amide bonds. The van der Waals surface area contributed by atoms with Crippen molar-refractivity contribution < 1.29 is 19.4 Å². The number of rotatable bonds is 4. The first kappa shape index (κ1) is 16.8. The fourth-order valence-corrected chi connectivity index (χ4v) is 2.07. The number of phenolic OH excluding ortho intramolecular Hbond substituents is 1. The summed E-state index contributed by atoms with van der Waals surface area (Å²) in [5.41, 5.74) is 2.24. The minimum absolute atomic E-state index is 0.0155. The first-order chi connectivity index (χ1) is 10.9. The van der Waals surface area contributed by atoms with Crippen LogP contribution in [0.4, 0.5) is 5.69 Å². The van der Waals surface area contributed by atoms with Crippen LogP contribution in [0.2, 0.25) is 5.02 Å². The Hall–Kier alpha value is -2.53. The lowest BCUT2D eigenvalue weighted by molar-refractivity contribution is -0.119. The van der Waals surface area contributed by atoms with Crippen LogP contribution in [0.3, 0.4) is 0 Å². The summed E-state index contributed by atoms with van der Waals surface area (Å²) in [7, 11) is 0. The van der Waals surface area contributed by atoms with Gasteiger partial charge in [-0.15, -0.1) is 0 Å². The summed E-state index contributed by atoms with van der Waals surface area (Å²) in [4.78, 5) is 23.6. The monoisotopic (exact) mass is 333 g/mol. The number of nitrogens with one attached hydrogen (secondary N) is 1. The van der Waals surface area contributed by atoms with Crippen molar-refractivity contribution in [2.45, 2.75) is 13.8 Å². The maximum Gasteiger partial charge on any atom is 0.342 e. The molecule has 0 fully saturated rings. The van der Waals surface area contributed by atoms with Crippen molar-refractivity contribution >= 4 is 29.2 Å². The van der Waals surface area contributed by atoms with Crippen molar-refractivity contribution in [3.8, 4) is 5.75 Å². The number of ether oxygens (including phenoxy) is 1. The van der Waals surface area contributed by atoms with Gasteiger partial charge in [0, 0.05) is 10.7 Å². The first-order valence-corrected chi connectivity index (χ1v) is 7.27. The zero-order valence-corrected chi connectivity index (χ0v) is 13.5. The SMILES string of the molecule is Cc1ccc(C(=O)OCC(=O)Nc2ccc(C)c(Cl)c2)c(O)c1. The van der Waals surface area contributed by atoms with Gasteiger partial charge in [-0.25, -0.2) is 4.79 Å². The van der Waals surface area contributed by atoms with Crippen LogP contribution < -0.4 is 5.32 Å². The predicted molar refractivity (Wildman–Crippen MR) is 87.9 cm³/mol. The molecule has 0 aliphatic rings. The van der Waals surface area contributed by atoms with E-state index in [4.69, 9.17) is 16.3 Å². The molecule has 0 spiro atoms. The first-order valence-electron chi connectivity index (χ1n) is 6.89. The standard InChI is InChI=1S/C17H16ClNO4/c1-10-3-6-13(15(20)7-10)17(22)23-9-16(21)19-12-5-4-11(2)14(18)8-12/h3-8,20H,9H2,1-2H3,(H,19,21). The van der Waals surface area contributed by atoms with E-state index in [9.17, 15) is 14.7 Å². The molecule has 0 bridgehead atoms. The molecule has 0 aliphatic carbocycles. The smallest absolute Gasteiger partial charge is 0.342 e. The number of hydrogen-bond acceptors (Lipinski definition) is 4. The molecular weight excluding hydrogens is 318 g/mol. The minimum atomic E-state index is -0.764. The van der Waals surface area contributed by atoms with Crippen molar-refractivity contribution in [2.75, 3.05) is 11.9 Å². The van der Waals surface area contributed by atoms with Gasteiger partial charge in [-0.1, -0.05) is 23.7 Å². The highest BCUT2D eigenvalue weighted by molar-refractivity contribution is 6.31. The van der Waals surface area contributed by atoms with E-state index in [1.165, 1.54) is 12.1 Å². The van der Waals surface area contributed by atoms with Gasteiger partial charge >= 0.3 is 5.97 Å². The molecule has 0 aromatic heterocycles. The number of carbonyl (C=O) groups excluding carboxylic acids is 2. The molecule has 2 aromatic rings. The number of halogens is 1. The fraction of sp³-hybridized carbons (Fsp3) is 0.176. The number of aryl methyl sites for hydroxylation is 2. The van der Waals surface area contributed by atoms with Crippen LogP contribution in [-0.2, 0) is 9.53 Å². The molecule has 23 heavy (non-hydrogen) atoms. The third-order valence-corrected chi connectivity index (χ3v) is 3.57. The molecule has 5 nitrogen and oxygen atoms in total. The predicted octanol–water partition coefficient (Wildman–Crippen LogP) is 3.46. The van der Waals surface area contributed by atoms with Crippen LogP contribution in [0, 0.1) is 13.8 Å². The maximum atomic E-state index is 11.8. The lowest BCUT2D eigenvalue weighted by Crippen LogP contribution is -2.21. The Bertz CT molecular complexity index is 758. The number of esters is 1. The average Bonchev–Trinajstić information content (AvgIpc) is 2.48. The molecule has 2 aromatic carbocycles. The number of anilines is 1. The third kappa shape index (κ3) is 4.47. The molecule has 0 radical (unpaired) electrons. The van der Waals surface area contributed by atoms with Gasteiger partial charge in [0.15, 0.2) is 6.61 Å². The van der Waals surface area contributed by atoms with Crippen LogP contribution in [0.15, 0.2) is 36.4 Å². The zero-order chi connectivity index (χ0) is 17.0. The summed E-state index contributed by atoms with van der Waals surface area (Å²) in [5, 5.41) is 12.8. The van der Waals surface area contributed by atoms with Gasteiger partial charge in [-0.05, 0) is 49.2 Å².